The molecule has 0 radical (unpaired) electrons. The molecule has 2 N–H and O–H groups in total. The number of nitrogen functional groups attached to an aromatic ring is 1. The van der Waals surface area contributed by atoms with E-state index in [1.54, 1.807) is 6.08 Å². The van der Waals surface area contributed by atoms with Gasteiger partial charge in [-0.1, -0.05) is 24.3 Å². The minimum Gasteiger partial charge on any atom is -0.457 e. The summed E-state index contributed by atoms with van der Waals surface area (Å²) in [5.74, 6) is 1.94. The van der Waals surface area contributed by atoms with Gasteiger partial charge in [0.1, 0.15) is 29.3 Å². The number of amides is 1. The molecular formula is C33H40N8O2. The summed E-state index contributed by atoms with van der Waals surface area (Å²) < 4.78 is 7.91. The molecule has 1 atom stereocenters. The van der Waals surface area contributed by atoms with Crippen LogP contribution in [0.2, 0.25) is 0 Å². The van der Waals surface area contributed by atoms with Crippen molar-refractivity contribution in [3.63, 3.8) is 0 Å². The Balaban J connectivity index is 1.16. The maximum atomic E-state index is 13.2. The molecular weight excluding hydrogens is 540 g/mol. The maximum absolute atomic E-state index is 13.2. The maximum Gasteiger partial charge on any atom is 0.246 e. The van der Waals surface area contributed by atoms with E-state index in [0.717, 1.165) is 67.2 Å². The van der Waals surface area contributed by atoms with Crippen molar-refractivity contribution in [3.05, 3.63) is 73.1 Å². The van der Waals surface area contributed by atoms with Gasteiger partial charge in [-0.15, -0.1) is 0 Å². The number of fused-ring (bicyclic) bond motifs is 1. The van der Waals surface area contributed by atoms with Gasteiger partial charge in [0.15, 0.2) is 5.65 Å². The number of ether oxygens (including phenoxy) is 1. The Kier molecular flexibility index (Phi) is 8.67. The van der Waals surface area contributed by atoms with Gasteiger partial charge in [0, 0.05) is 37.3 Å². The summed E-state index contributed by atoms with van der Waals surface area (Å²) in [5.41, 5.74) is 8.67. The smallest absolute Gasteiger partial charge is 0.246 e. The van der Waals surface area contributed by atoms with Crippen molar-refractivity contribution < 1.29 is 9.53 Å². The minimum atomic E-state index is -0.0146. The molecule has 0 spiro atoms. The largest absolute Gasteiger partial charge is 0.457 e. The molecule has 2 aromatic heterocycles. The van der Waals surface area contributed by atoms with Gasteiger partial charge in [0.25, 0.3) is 0 Å². The quantitative estimate of drug-likeness (QED) is 0.301. The van der Waals surface area contributed by atoms with E-state index in [1.807, 2.05) is 70.3 Å². The average molecular weight is 581 g/mol. The topological polar surface area (TPSA) is 106 Å². The number of piperidine rings is 2. The van der Waals surface area contributed by atoms with E-state index in [0.29, 0.717) is 24.1 Å². The van der Waals surface area contributed by atoms with Gasteiger partial charge in [0.2, 0.25) is 5.91 Å². The molecule has 224 valence electrons. The van der Waals surface area contributed by atoms with Crippen molar-refractivity contribution >= 4 is 22.8 Å². The van der Waals surface area contributed by atoms with E-state index in [-0.39, 0.29) is 11.9 Å². The lowest BCUT2D eigenvalue weighted by Gasteiger charge is -2.34. The van der Waals surface area contributed by atoms with Crippen LogP contribution in [0.5, 0.6) is 11.5 Å². The Bertz CT molecular complexity index is 1560. The zero-order valence-electron chi connectivity index (χ0n) is 25.0. The summed E-state index contributed by atoms with van der Waals surface area (Å²) in [6.45, 7) is 4.33. The second-order valence-corrected chi connectivity index (χ2v) is 11.6. The highest BCUT2D eigenvalue weighted by molar-refractivity contribution is 5.98. The number of likely N-dealkylation sites (tertiary alicyclic amines) is 2. The molecule has 2 aliphatic rings. The molecule has 2 aliphatic heterocycles. The van der Waals surface area contributed by atoms with Crippen LogP contribution in [0.15, 0.2) is 73.1 Å². The Morgan fingerprint density at radius 2 is 1.77 bits per heavy atom. The summed E-state index contributed by atoms with van der Waals surface area (Å²) in [5, 5.41) is 5.74. The van der Waals surface area contributed by atoms with Crippen LogP contribution in [0.1, 0.15) is 31.7 Å². The first-order chi connectivity index (χ1) is 21.0. The monoisotopic (exact) mass is 580 g/mol. The standard InChI is InChI=1S/C33H40N8O2/c1-38-20-16-25(17-21-38)39(2)18-7-11-29(42)40-19-6-8-26(22-40)41-33-30(32(34)35-23-36-33)31(37-41)24-12-14-28(15-13-24)43-27-9-4-3-5-10-27/h3-5,7,9-15,23,25-26H,6,8,16-22H2,1-2H3,(H2,34,35,36)/t26-/m1/s1. The summed E-state index contributed by atoms with van der Waals surface area (Å²) in [6, 6.07) is 18.0. The predicted octanol–water partition coefficient (Wildman–Crippen LogP) is 4.61. The normalized spacial score (nSPS) is 18.6. The van der Waals surface area contributed by atoms with Crippen molar-refractivity contribution in [2.24, 2.45) is 0 Å². The van der Waals surface area contributed by atoms with E-state index >= 15 is 0 Å². The fourth-order valence-corrected chi connectivity index (χ4v) is 6.12. The number of hydrogen-bond donors (Lipinski definition) is 1. The Hall–Kier alpha value is -4.28. The predicted molar refractivity (Wildman–Crippen MR) is 169 cm³/mol. The SMILES string of the molecule is CN1CCC(N(C)CC=CC(=O)N2CCC[C@@H](n3nc(-c4ccc(Oc5ccccc5)cc4)c4c(N)ncnc43)C2)CC1. The van der Waals surface area contributed by atoms with Crippen molar-refractivity contribution in [2.75, 3.05) is 52.6 Å². The number of likely N-dealkylation sites (N-methyl/N-ethyl adjacent to an activating group) is 1. The van der Waals surface area contributed by atoms with Crippen LogP contribution in [0, 0.1) is 0 Å². The van der Waals surface area contributed by atoms with Gasteiger partial charge < -0.3 is 20.3 Å². The lowest BCUT2D eigenvalue weighted by Crippen LogP contribution is -2.42. The molecule has 0 aliphatic carbocycles. The van der Waals surface area contributed by atoms with Gasteiger partial charge >= 0.3 is 0 Å². The van der Waals surface area contributed by atoms with Crippen LogP contribution in [0.25, 0.3) is 22.3 Å². The lowest BCUT2D eigenvalue weighted by molar-refractivity contribution is -0.127. The first kappa shape index (κ1) is 28.8. The zero-order valence-corrected chi connectivity index (χ0v) is 25.0. The van der Waals surface area contributed by atoms with Gasteiger partial charge in [0.05, 0.1) is 11.4 Å². The summed E-state index contributed by atoms with van der Waals surface area (Å²) in [7, 11) is 4.33. The molecule has 10 heteroatoms. The fourth-order valence-electron chi connectivity index (χ4n) is 6.12. The van der Waals surface area contributed by atoms with Gasteiger partial charge in [-0.2, -0.15) is 5.10 Å². The molecule has 0 bridgehead atoms. The molecule has 6 rings (SSSR count). The van der Waals surface area contributed by atoms with Crippen LogP contribution in [0.4, 0.5) is 5.82 Å². The number of hydrogen-bond acceptors (Lipinski definition) is 8. The van der Waals surface area contributed by atoms with Crippen LogP contribution >= 0.6 is 0 Å². The number of rotatable bonds is 8. The number of nitrogens with two attached hydrogens (primary N) is 1. The highest BCUT2D eigenvalue weighted by Crippen LogP contribution is 2.35. The van der Waals surface area contributed by atoms with E-state index in [9.17, 15) is 4.79 Å². The van der Waals surface area contributed by atoms with Crippen LogP contribution in [-0.4, -0.2) is 93.2 Å². The number of carbonyl (C=O) groups excluding carboxylic acids is 1. The number of para-hydroxylation sites is 1. The lowest BCUT2D eigenvalue weighted by atomic mass is 10.0. The third-order valence-corrected chi connectivity index (χ3v) is 8.64. The molecule has 43 heavy (non-hydrogen) atoms. The van der Waals surface area contributed by atoms with E-state index in [4.69, 9.17) is 15.6 Å². The number of benzene rings is 2. The van der Waals surface area contributed by atoms with E-state index in [1.165, 1.54) is 19.2 Å². The van der Waals surface area contributed by atoms with Crippen molar-refractivity contribution in [1.29, 1.82) is 0 Å². The van der Waals surface area contributed by atoms with Crippen LogP contribution in [-0.2, 0) is 4.79 Å². The first-order valence-electron chi connectivity index (χ1n) is 15.1. The third-order valence-electron chi connectivity index (χ3n) is 8.64. The molecule has 2 saturated heterocycles. The Labute approximate surface area is 252 Å². The molecule has 1 amide bonds. The highest BCUT2D eigenvalue weighted by atomic mass is 16.5. The van der Waals surface area contributed by atoms with Crippen molar-refractivity contribution in [2.45, 2.75) is 37.8 Å². The Morgan fingerprint density at radius 1 is 1.02 bits per heavy atom. The molecule has 2 aromatic carbocycles. The second kappa shape index (κ2) is 12.9. The summed E-state index contributed by atoms with van der Waals surface area (Å²) in [4.78, 5) is 28.7. The molecule has 10 nitrogen and oxygen atoms in total. The van der Waals surface area contributed by atoms with Crippen molar-refractivity contribution in [3.8, 4) is 22.8 Å². The summed E-state index contributed by atoms with van der Waals surface area (Å²) in [6.07, 6.45) is 9.35. The number of aromatic nitrogens is 4. The molecule has 4 heterocycles. The summed E-state index contributed by atoms with van der Waals surface area (Å²) >= 11 is 0. The molecule has 0 saturated carbocycles. The molecule has 2 fully saturated rings. The van der Waals surface area contributed by atoms with E-state index < -0.39 is 0 Å². The number of anilines is 1. The molecule has 4 aromatic rings. The van der Waals surface area contributed by atoms with Gasteiger partial charge in [-0.05, 0) is 89.3 Å². The number of nitrogens with zero attached hydrogens (tertiary/aromatic N) is 7. The first-order valence-corrected chi connectivity index (χ1v) is 15.1. The fraction of sp³-hybridized carbons (Fsp3) is 0.394. The minimum absolute atomic E-state index is 0.0146. The van der Waals surface area contributed by atoms with Crippen LogP contribution < -0.4 is 10.5 Å². The second-order valence-electron chi connectivity index (χ2n) is 11.6. The molecule has 0 unspecified atom stereocenters. The third kappa shape index (κ3) is 6.55. The highest BCUT2D eigenvalue weighted by Gasteiger charge is 2.28. The van der Waals surface area contributed by atoms with Crippen molar-refractivity contribution in [1.82, 2.24) is 34.4 Å². The zero-order chi connectivity index (χ0) is 29.8. The average Bonchev–Trinajstić information content (AvgIpc) is 3.43. The van der Waals surface area contributed by atoms with Crippen LogP contribution in [0.3, 0.4) is 0 Å². The van der Waals surface area contributed by atoms with E-state index in [2.05, 4.69) is 33.9 Å². The number of carbonyl (C=O) groups is 1. The van der Waals surface area contributed by atoms with Gasteiger partial charge in [-0.3, -0.25) is 9.69 Å². The Morgan fingerprint density at radius 3 is 2.53 bits per heavy atom. The van der Waals surface area contributed by atoms with Gasteiger partial charge in [-0.25, -0.2) is 14.6 Å².